The van der Waals surface area contributed by atoms with Crippen LogP contribution in [0.4, 0.5) is 16.2 Å². The quantitative estimate of drug-likeness (QED) is 0.846. The van der Waals surface area contributed by atoms with Gasteiger partial charge in [0.05, 0.1) is 12.8 Å². The fraction of sp³-hybridized carbons (Fsp3) is 0.381. The van der Waals surface area contributed by atoms with Gasteiger partial charge in [-0.2, -0.15) is 0 Å². The fourth-order valence-corrected chi connectivity index (χ4v) is 3.22. The van der Waals surface area contributed by atoms with E-state index >= 15 is 0 Å². The van der Waals surface area contributed by atoms with Gasteiger partial charge in [0.2, 0.25) is 0 Å². The van der Waals surface area contributed by atoms with Crippen LogP contribution in [0.25, 0.3) is 0 Å². The maximum atomic E-state index is 12.0. The summed E-state index contributed by atoms with van der Waals surface area (Å²) in [6, 6.07) is 15.9. The lowest BCUT2D eigenvalue weighted by molar-refractivity contribution is 0.137. The van der Waals surface area contributed by atoms with Gasteiger partial charge in [-0.05, 0) is 36.8 Å². The highest BCUT2D eigenvalue weighted by molar-refractivity contribution is 5.86. The van der Waals surface area contributed by atoms with Gasteiger partial charge in [-0.15, -0.1) is 0 Å². The summed E-state index contributed by atoms with van der Waals surface area (Å²) in [7, 11) is 1.57. The van der Waals surface area contributed by atoms with Crippen molar-refractivity contribution in [3.63, 3.8) is 0 Å². The second kappa shape index (κ2) is 9.28. The summed E-state index contributed by atoms with van der Waals surface area (Å²) < 4.78 is 10.5. The van der Waals surface area contributed by atoms with Crippen LogP contribution in [0.2, 0.25) is 0 Å². The third kappa shape index (κ3) is 5.37. The average Bonchev–Trinajstić information content (AvgIpc) is 2.69. The van der Waals surface area contributed by atoms with Gasteiger partial charge < -0.3 is 14.4 Å². The third-order valence-corrected chi connectivity index (χ3v) is 4.72. The lowest BCUT2D eigenvalue weighted by Gasteiger charge is -2.36. The first-order valence-corrected chi connectivity index (χ1v) is 9.26. The molecule has 1 aliphatic rings. The highest BCUT2D eigenvalue weighted by atomic mass is 16.5. The Morgan fingerprint density at radius 3 is 2.59 bits per heavy atom. The van der Waals surface area contributed by atoms with Crippen molar-refractivity contribution in [1.29, 1.82) is 0 Å². The van der Waals surface area contributed by atoms with Gasteiger partial charge in [0.15, 0.2) is 0 Å². The molecule has 2 aromatic rings. The van der Waals surface area contributed by atoms with E-state index in [-0.39, 0.29) is 0 Å². The van der Waals surface area contributed by atoms with E-state index in [0.717, 1.165) is 32.7 Å². The monoisotopic (exact) mass is 369 g/mol. The molecular formula is C21H27N3O3. The van der Waals surface area contributed by atoms with Crippen LogP contribution in [0.3, 0.4) is 0 Å². The van der Waals surface area contributed by atoms with Crippen LogP contribution in [-0.4, -0.2) is 57.4 Å². The normalized spacial score (nSPS) is 14.7. The minimum Gasteiger partial charge on any atom is -0.495 e. The van der Waals surface area contributed by atoms with Crippen molar-refractivity contribution in [2.24, 2.45) is 0 Å². The molecule has 1 aliphatic heterocycles. The molecule has 1 fully saturated rings. The molecule has 0 spiro atoms. The number of hydrogen-bond acceptors (Lipinski definition) is 5. The molecule has 3 rings (SSSR count). The van der Waals surface area contributed by atoms with Crippen molar-refractivity contribution in [2.75, 3.05) is 56.7 Å². The van der Waals surface area contributed by atoms with Crippen molar-refractivity contribution >= 4 is 17.5 Å². The van der Waals surface area contributed by atoms with Crippen molar-refractivity contribution in [3.8, 4) is 5.75 Å². The van der Waals surface area contributed by atoms with E-state index in [1.54, 1.807) is 19.2 Å². The Morgan fingerprint density at radius 1 is 1.07 bits per heavy atom. The average molecular weight is 369 g/mol. The highest BCUT2D eigenvalue weighted by Gasteiger charge is 2.17. The standard InChI is InChI=1S/C21H27N3O3/c1-17-6-5-7-18(16-17)24-12-10-23(11-13-24)14-15-27-21(25)22-19-8-3-4-9-20(19)26-2/h3-9,16H,10-15H2,1-2H3,(H,22,25). The first-order valence-electron chi connectivity index (χ1n) is 9.26. The SMILES string of the molecule is COc1ccccc1NC(=O)OCCN1CCN(c2cccc(C)c2)CC1. The number of benzene rings is 2. The van der Waals surface area contributed by atoms with Crippen LogP contribution in [0, 0.1) is 6.92 Å². The lowest BCUT2D eigenvalue weighted by atomic mass is 10.2. The smallest absolute Gasteiger partial charge is 0.411 e. The number of hydrogen-bond donors (Lipinski definition) is 1. The summed E-state index contributed by atoms with van der Waals surface area (Å²) in [6.07, 6.45) is -0.460. The van der Waals surface area contributed by atoms with Gasteiger partial charge in [0.1, 0.15) is 12.4 Å². The minimum absolute atomic E-state index is 0.366. The number of nitrogens with zero attached hydrogens (tertiary/aromatic N) is 2. The van der Waals surface area contributed by atoms with Crippen molar-refractivity contribution in [3.05, 3.63) is 54.1 Å². The van der Waals surface area contributed by atoms with Gasteiger partial charge >= 0.3 is 6.09 Å². The van der Waals surface area contributed by atoms with E-state index in [9.17, 15) is 4.79 Å². The summed E-state index contributed by atoms with van der Waals surface area (Å²) in [5, 5.41) is 2.72. The number of rotatable bonds is 6. The third-order valence-electron chi connectivity index (χ3n) is 4.72. The Labute approximate surface area is 160 Å². The number of para-hydroxylation sites is 2. The summed E-state index contributed by atoms with van der Waals surface area (Å²) in [5.74, 6) is 0.613. The Kier molecular flexibility index (Phi) is 6.54. The highest BCUT2D eigenvalue weighted by Crippen LogP contribution is 2.23. The number of anilines is 2. The molecule has 2 aromatic carbocycles. The summed E-state index contributed by atoms with van der Waals surface area (Å²) in [5.41, 5.74) is 3.17. The number of aryl methyl sites for hydroxylation is 1. The lowest BCUT2D eigenvalue weighted by Crippen LogP contribution is -2.47. The summed E-state index contributed by atoms with van der Waals surface area (Å²) in [6.45, 7) is 7.12. The first kappa shape index (κ1) is 19.0. The van der Waals surface area contributed by atoms with Crippen LogP contribution >= 0.6 is 0 Å². The van der Waals surface area contributed by atoms with Crippen molar-refractivity contribution in [2.45, 2.75) is 6.92 Å². The van der Waals surface area contributed by atoms with E-state index in [1.165, 1.54) is 11.3 Å². The van der Waals surface area contributed by atoms with Gasteiger partial charge in [-0.25, -0.2) is 4.79 Å². The molecule has 0 aromatic heterocycles. The molecule has 1 heterocycles. The Morgan fingerprint density at radius 2 is 1.85 bits per heavy atom. The van der Waals surface area contributed by atoms with E-state index < -0.39 is 6.09 Å². The van der Waals surface area contributed by atoms with Crippen LogP contribution in [0.5, 0.6) is 5.75 Å². The number of carbonyl (C=O) groups excluding carboxylic acids is 1. The molecule has 6 heteroatoms. The topological polar surface area (TPSA) is 54.0 Å². The van der Waals surface area contributed by atoms with Gasteiger partial charge in [-0.3, -0.25) is 10.2 Å². The predicted octanol–water partition coefficient (Wildman–Crippen LogP) is 3.37. The molecule has 6 nitrogen and oxygen atoms in total. The number of ether oxygens (including phenoxy) is 2. The number of piperazine rings is 1. The number of carbonyl (C=O) groups is 1. The molecule has 0 bridgehead atoms. The minimum atomic E-state index is -0.460. The maximum Gasteiger partial charge on any atom is 0.411 e. The van der Waals surface area contributed by atoms with Gasteiger partial charge in [-0.1, -0.05) is 24.3 Å². The van der Waals surface area contributed by atoms with E-state index in [0.29, 0.717) is 18.0 Å². The van der Waals surface area contributed by atoms with Crippen molar-refractivity contribution < 1.29 is 14.3 Å². The molecule has 144 valence electrons. The van der Waals surface area contributed by atoms with Crippen LogP contribution in [0.1, 0.15) is 5.56 Å². The van der Waals surface area contributed by atoms with Crippen LogP contribution < -0.4 is 15.0 Å². The van der Waals surface area contributed by atoms with E-state index in [1.807, 2.05) is 12.1 Å². The maximum absolute atomic E-state index is 12.0. The molecule has 0 radical (unpaired) electrons. The van der Waals surface area contributed by atoms with E-state index in [2.05, 4.69) is 46.3 Å². The van der Waals surface area contributed by atoms with Crippen LogP contribution in [0.15, 0.2) is 48.5 Å². The Bertz CT molecular complexity index is 758. The fourth-order valence-electron chi connectivity index (χ4n) is 3.22. The first-order chi connectivity index (χ1) is 13.2. The summed E-state index contributed by atoms with van der Waals surface area (Å²) in [4.78, 5) is 16.7. The Hall–Kier alpha value is -2.73. The zero-order valence-electron chi connectivity index (χ0n) is 16.0. The largest absolute Gasteiger partial charge is 0.495 e. The number of amides is 1. The molecular weight excluding hydrogens is 342 g/mol. The molecule has 1 saturated heterocycles. The molecule has 0 saturated carbocycles. The second-order valence-corrected chi connectivity index (χ2v) is 6.63. The van der Waals surface area contributed by atoms with E-state index in [4.69, 9.17) is 9.47 Å². The number of nitrogens with one attached hydrogen (secondary N) is 1. The second-order valence-electron chi connectivity index (χ2n) is 6.63. The van der Waals surface area contributed by atoms with Crippen molar-refractivity contribution in [1.82, 2.24) is 4.90 Å². The zero-order valence-corrected chi connectivity index (χ0v) is 16.0. The molecule has 1 N–H and O–H groups in total. The van der Waals surface area contributed by atoms with Gasteiger partial charge in [0, 0.05) is 38.4 Å². The van der Waals surface area contributed by atoms with Gasteiger partial charge in [0.25, 0.3) is 0 Å². The molecule has 0 aliphatic carbocycles. The Balaban J connectivity index is 1.38. The predicted molar refractivity (Wildman–Crippen MR) is 108 cm³/mol. The molecule has 0 unspecified atom stereocenters. The molecule has 1 amide bonds. The zero-order chi connectivity index (χ0) is 19.1. The summed E-state index contributed by atoms with van der Waals surface area (Å²) >= 11 is 0. The molecule has 27 heavy (non-hydrogen) atoms. The van der Waals surface area contributed by atoms with Crippen LogP contribution in [-0.2, 0) is 4.74 Å². The number of methoxy groups -OCH3 is 1. The molecule has 0 atom stereocenters.